The van der Waals surface area contributed by atoms with Crippen LogP contribution in [0.15, 0.2) is 34.7 Å². The Kier molecular flexibility index (Phi) is 4.78. The molecule has 0 saturated heterocycles. The molecule has 2 nitrogen and oxygen atoms in total. The highest BCUT2D eigenvalue weighted by molar-refractivity contribution is 5.97. The summed E-state index contributed by atoms with van der Waals surface area (Å²) in [7, 11) is 0. The Balaban J connectivity index is 2.06. The van der Waals surface area contributed by atoms with E-state index in [-0.39, 0.29) is 5.78 Å². The van der Waals surface area contributed by atoms with Crippen molar-refractivity contribution in [1.29, 1.82) is 0 Å². The fourth-order valence-corrected chi connectivity index (χ4v) is 2.43. The van der Waals surface area contributed by atoms with Gasteiger partial charge in [0.25, 0.3) is 0 Å². The summed E-state index contributed by atoms with van der Waals surface area (Å²) in [5.41, 5.74) is 0.799. The lowest BCUT2D eigenvalue weighted by atomic mass is 9.93. The number of para-hydroxylation sites is 1. The second-order valence-corrected chi connectivity index (χ2v) is 5.19. The first kappa shape index (κ1) is 13.9. The van der Waals surface area contributed by atoms with Gasteiger partial charge >= 0.3 is 0 Å². The van der Waals surface area contributed by atoms with E-state index in [0.717, 1.165) is 23.8 Å². The molecular formula is C17H22O2. The van der Waals surface area contributed by atoms with Crippen LogP contribution in [0, 0.1) is 5.92 Å². The zero-order valence-corrected chi connectivity index (χ0v) is 11.8. The molecule has 102 valence electrons. The molecule has 2 rings (SSSR count). The Bertz CT molecular complexity index is 506. The Morgan fingerprint density at radius 3 is 2.74 bits per heavy atom. The van der Waals surface area contributed by atoms with Crippen LogP contribution in [0.2, 0.25) is 0 Å². The number of hydrogen-bond donors (Lipinski definition) is 0. The number of ketones is 1. The number of rotatable bonds is 7. The van der Waals surface area contributed by atoms with Crippen LogP contribution < -0.4 is 0 Å². The van der Waals surface area contributed by atoms with Crippen molar-refractivity contribution in [2.45, 2.75) is 46.0 Å². The highest BCUT2D eigenvalue weighted by Gasteiger charge is 2.17. The zero-order valence-electron chi connectivity index (χ0n) is 11.8. The summed E-state index contributed by atoms with van der Waals surface area (Å²) in [6.07, 6.45) is 5.20. The van der Waals surface area contributed by atoms with Crippen LogP contribution in [0.5, 0.6) is 0 Å². The Hall–Kier alpha value is -1.57. The molecule has 0 aliphatic carbocycles. The minimum Gasteiger partial charge on any atom is -0.453 e. The number of fused-ring (bicyclic) bond motifs is 1. The number of furan rings is 1. The molecule has 0 amide bonds. The van der Waals surface area contributed by atoms with E-state index in [9.17, 15) is 4.79 Å². The van der Waals surface area contributed by atoms with Gasteiger partial charge in [0, 0.05) is 11.8 Å². The Morgan fingerprint density at radius 2 is 2.05 bits per heavy atom. The third-order valence-corrected chi connectivity index (χ3v) is 3.72. The SMILES string of the molecule is CCCCC(CC)CC(=O)c1cc2ccccc2o1. The maximum Gasteiger partial charge on any atom is 0.198 e. The van der Waals surface area contributed by atoms with Gasteiger partial charge in [0.2, 0.25) is 0 Å². The molecule has 1 aromatic carbocycles. The van der Waals surface area contributed by atoms with Crippen LogP contribution in [-0.4, -0.2) is 5.78 Å². The number of hydrogen-bond acceptors (Lipinski definition) is 2. The number of Topliss-reactive ketones (excluding diaryl/α,β-unsaturated/α-hetero) is 1. The summed E-state index contributed by atoms with van der Waals surface area (Å²) in [6.45, 7) is 4.35. The minimum atomic E-state index is 0.138. The van der Waals surface area contributed by atoms with Gasteiger partial charge in [0.15, 0.2) is 11.5 Å². The molecule has 19 heavy (non-hydrogen) atoms. The smallest absolute Gasteiger partial charge is 0.198 e. The molecule has 0 radical (unpaired) electrons. The van der Waals surface area contributed by atoms with Crippen molar-refractivity contribution in [2.24, 2.45) is 5.92 Å². The van der Waals surface area contributed by atoms with E-state index in [1.165, 1.54) is 12.8 Å². The van der Waals surface area contributed by atoms with Crippen LogP contribution in [0.1, 0.15) is 56.5 Å². The summed E-state index contributed by atoms with van der Waals surface area (Å²) in [5, 5.41) is 1.01. The predicted molar refractivity (Wildman–Crippen MR) is 78.5 cm³/mol. The van der Waals surface area contributed by atoms with E-state index in [0.29, 0.717) is 18.1 Å². The van der Waals surface area contributed by atoms with Crippen molar-refractivity contribution >= 4 is 16.8 Å². The summed E-state index contributed by atoms with van der Waals surface area (Å²) in [5.74, 6) is 1.14. The molecule has 2 heteroatoms. The van der Waals surface area contributed by atoms with Crippen molar-refractivity contribution in [1.82, 2.24) is 0 Å². The topological polar surface area (TPSA) is 30.2 Å². The second kappa shape index (κ2) is 6.55. The molecule has 0 saturated carbocycles. The lowest BCUT2D eigenvalue weighted by Gasteiger charge is -2.12. The van der Waals surface area contributed by atoms with Gasteiger partial charge in [-0.25, -0.2) is 0 Å². The van der Waals surface area contributed by atoms with Crippen LogP contribution in [0.3, 0.4) is 0 Å². The molecule has 1 aromatic heterocycles. The van der Waals surface area contributed by atoms with E-state index in [1.54, 1.807) is 0 Å². The summed E-state index contributed by atoms with van der Waals surface area (Å²) >= 11 is 0. The van der Waals surface area contributed by atoms with Crippen molar-refractivity contribution in [2.75, 3.05) is 0 Å². The number of benzene rings is 1. The molecule has 0 spiro atoms. The molecule has 2 aromatic rings. The molecule has 0 aliphatic heterocycles. The van der Waals surface area contributed by atoms with E-state index < -0.39 is 0 Å². The van der Waals surface area contributed by atoms with Crippen molar-refractivity contribution in [3.8, 4) is 0 Å². The first-order valence-corrected chi connectivity index (χ1v) is 7.26. The first-order valence-electron chi connectivity index (χ1n) is 7.26. The van der Waals surface area contributed by atoms with E-state index in [4.69, 9.17) is 4.42 Å². The lowest BCUT2D eigenvalue weighted by molar-refractivity contribution is 0.0932. The van der Waals surface area contributed by atoms with E-state index in [1.807, 2.05) is 30.3 Å². The monoisotopic (exact) mass is 258 g/mol. The van der Waals surface area contributed by atoms with Gasteiger partial charge in [-0.3, -0.25) is 4.79 Å². The van der Waals surface area contributed by atoms with Gasteiger partial charge in [0.05, 0.1) is 0 Å². The average molecular weight is 258 g/mol. The summed E-state index contributed by atoms with van der Waals surface area (Å²) < 4.78 is 5.63. The Labute approximate surface area is 114 Å². The largest absolute Gasteiger partial charge is 0.453 e. The fourth-order valence-electron chi connectivity index (χ4n) is 2.43. The second-order valence-electron chi connectivity index (χ2n) is 5.19. The van der Waals surface area contributed by atoms with Gasteiger partial charge in [-0.15, -0.1) is 0 Å². The summed E-state index contributed by atoms with van der Waals surface area (Å²) in [6, 6.07) is 9.63. The van der Waals surface area contributed by atoms with Crippen LogP contribution in [0.25, 0.3) is 11.0 Å². The van der Waals surface area contributed by atoms with Gasteiger partial charge in [-0.1, -0.05) is 57.7 Å². The van der Waals surface area contributed by atoms with Crippen molar-refractivity contribution in [3.05, 3.63) is 36.1 Å². The normalized spacial score (nSPS) is 12.7. The highest BCUT2D eigenvalue weighted by Crippen LogP contribution is 2.23. The Morgan fingerprint density at radius 1 is 1.26 bits per heavy atom. The third-order valence-electron chi connectivity index (χ3n) is 3.72. The minimum absolute atomic E-state index is 0.138. The standard InChI is InChI=1S/C17H22O2/c1-3-5-8-13(4-2)11-15(18)17-12-14-9-6-7-10-16(14)19-17/h6-7,9-10,12-13H,3-5,8,11H2,1-2H3. The highest BCUT2D eigenvalue weighted by atomic mass is 16.3. The molecule has 0 aliphatic rings. The molecule has 1 unspecified atom stereocenters. The van der Waals surface area contributed by atoms with Crippen LogP contribution in [0.4, 0.5) is 0 Å². The average Bonchev–Trinajstić information content (AvgIpc) is 2.87. The number of unbranched alkanes of at least 4 members (excludes halogenated alkanes) is 1. The molecular weight excluding hydrogens is 236 g/mol. The first-order chi connectivity index (χ1) is 9.24. The zero-order chi connectivity index (χ0) is 13.7. The molecule has 0 fully saturated rings. The lowest BCUT2D eigenvalue weighted by Crippen LogP contribution is -2.07. The predicted octanol–water partition coefficient (Wildman–Crippen LogP) is 5.22. The number of carbonyl (C=O) groups excluding carboxylic acids is 1. The van der Waals surface area contributed by atoms with Crippen LogP contribution in [-0.2, 0) is 0 Å². The number of carbonyl (C=O) groups is 1. The molecule has 1 heterocycles. The van der Waals surface area contributed by atoms with Crippen molar-refractivity contribution in [3.63, 3.8) is 0 Å². The molecule has 1 atom stereocenters. The third kappa shape index (κ3) is 3.46. The maximum atomic E-state index is 12.3. The van der Waals surface area contributed by atoms with E-state index in [2.05, 4.69) is 13.8 Å². The molecule has 0 bridgehead atoms. The summed E-state index contributed by atoms with van der Waals surface area (Å²) in [4.78, 5) is 12.3. The quantitative estimate of drug-likeness (QED) is 0.637. The van der Waals surface area contributed by atoms with Crippen molar-refractivity contribution < 1.29 is 9.21 Å². The molecule has 0 N–H and O–H groups in total. The van der Waals surface area contributed by atoms with Crippen LogP contribution >= 0.6 is 0 Å². The van der Waals surface area contributed by atoms with E-state index >= 15 is 0 Å². The maximum absolute atomic E-state index is 12.3. The fraction of sp³-hybridized carbons (Fsp3) is 0.471. The van der Waals surface area contributed by atoms with Gasteiger partial charge in [0.1, 0.15) is 5.58 Å². The van der Waals surface area contributed by atoms with Gasteiger partial charge < -0.3 is 4.42 Å². The van der Waals surface area contributed by atoms with Gasteiger partial charge in [-0.2, -0.15) is 0 Å². The van der Waals surface area contributed by atoms with Gasteiger partial charge in [-0.05, 0) is 18.1 Å².